The van der Waals surface area contributed by atoms with Gasteiger partial charge in [-0.3, -0.25) is 4.98 Å². The predicted molar refractivity (Wildman–Crippen MR) is 118 cm³/mol. The zero-order valence-corrected chi connectivity index (χ0v) is 18.8. The van der Waals surface area contributed by atoms with Crippen LogP contribution in [-0.2, 0) is 24.4 Å². The Hall–Kier alpha value is -3.87. The Morgan fingerprint density at radius 2 is 1.92 bits per heavy atom. The van der Waals surface area contributed by atoms with Crippen molar-refractivity contribution >= 4 is 17.0 Å². The summed E-state index contributed by atoms with van der Waals surface area (Å²) in [6.07, 6.45) is 0.199. The van der Waals surface area contributed by atoms with Gasteiger partial charge in [0, 0.05) is 37.7 Å². The first-order chi connectivity index (χ1) is 17.1. The van der Waals surface area contributed by atoms with Gasteiger partial charge < -0.3 is 14.7 Å². The molecule has 36 heavy (non-hydrogen) atoms. The molecule has 3 aromatic heterocycles. The first-order valence-corrected chi connectivity index (χ1v) is 10.9. The minimum absolute atomic E-state index is 0.0906. The van der Waals surface area contributed by atoms with Gasteiger partial charge in [0.05, 0.1) is 30.2 Å². The standard InChI is InChI=1S/C23H19F5N6O2/c1-33-21-15(19(32-33)14-9-16(23(26,27)28)18(25)20(35)17(14)24)10-30-22(31-21)34-6-7-36-11-13(34)8-12-2-4-29-5-3-12/h2-5,9-10,13,35H,6-8,11H2,1H3. The molecule has 0 amide bonds. The van der Waals surface area contributed by atoms with Crippen LogP contribution >= 0.6 is 0 Å². The van der Waals surface area contributed by atoms with Crippen molar-refractivity contribution in [2.24, 2.45) is 7.05 Å². The topological polar surface area (TPSA) is 89.2 Å². The minimum Gasteiger partial charge on any atom is -0.503 e. The van der Waals surface area contributed by atoms with E-state index in [2.05, 4.69) is 20.1 Å². The molecule has 1 atom stereocenters. The molecule has 0 spiro atoms. The van der Waals surface area contributed by atoms with Crippen LogP contribution in [0.15, 0.2) is 36.8 Å². The number of ether oxygens (including phenoxy) is 1. The van der Waals surface area contributed by atoms with Crippen LogP contribution in [-0.4, -0.2) is 55.6 Å². The molecule has 4 aromatic rings. The highest BCUT2D eigenvalue weighted by Crippen LogP contribution is 2.41. The van der Waals surface area contributed by atoms with E-state index in [1.165, 1.54) is 17.9 Å². The van der Waals surface area contributed by atoms with Gasteiger partial charge in [0.25, 0.3) is 0 Å². The molecular weight excluding hydrogens is 487 g/mol. The van der Waals surface area contributed by atoms with Crippen molar-refractivity contribution in [1.82, 2.24) is 24.7 Å². The van der Waals surface area contributed by atoms with Crippen LogP contribution in [0, 0.1) is 11.6 Å². The Labute approximate surface area is 201 Å². The number of benzene rings is 1. The lowest BCUT2D eigenvalue weighted by Gasteiger charge is -2.35. The number of aromatic nitrogens is 5. The molecule has 1 unspecified atom stereocenters. The van der Waals surface area contributed by atoms with Crippen molar-refractivity contribution in [3.8, 4) is 17.0 Å². The van der Waals surface area contributed by atoms with Gasteiger partial charge in [0.2, 0.25) is 5.95 Å². The van der Waals surface area contributed by atoms with E-state index < -0.39 is 34.7 Å². The monoisotopic (exact) mass is 506 g/mol. The van der Waals surface area contributed by atoms with E-state index >= 15 is 0 Å². The number of pyridine rings is 1. The number of rotatable bonds is 4. The predicted octanol–water partition coefficient (Wildman–Crippen LogP) is 3.88. The maximum Gasteiger partial charge on any atom is 0.419 e. The first kappa shape index (κ1) is 23.9. The van der Waals surface area contributed by atoms with E-state index in [0.717, 1.165) is 5.56 Å². The Kier molecular flexibility index (Phi) is 5.94. The number of aromatic hydroxyl groups is 1. The third-order valence-electron chi connectivity index (χ3n) is 6.01. The summed E-state index contributed by atoms with van der Waals surface area (Å²) in [4.78, 5) is 14.9. The summed E-state index contributed by atoms with van der Waals surface area (Å²) in [7, 11) is 1.49. The molecule has 0 aliphatic carbocycles. The van der Waals surface area contributed by atoms with E-state index in [1.807, 2.05) is 17.0 Å². The molecule has 1 aliphatic heterocycles. The fraction of sp³-hybridized carbons (Fsp3) is 0.304. The number of phenols is 1. The average molecular weight is 506 g/mol. The average Bonchev–Trinajstić information content (AvgIpc) is 3.18. The second-order valence-electron chi connectivity index (χ2n) is 8.31. The largest absolute Gasteiger partial charge is 0.503 e. The number of phenolic OH excluding ortho intramolecular Hbond substituents is 1. The summed E-state index contributed by atoms with van der Waals surface area (Å²) in [5.41, 5.74) is -1.51. The van der Waals surface area contributed by atoms with E-state index in [9.17, 15) is 27.1 Å². The van der Waals surface area contributed by atoms with Crippen LogP contribution in [0.4, 0.5) is 27.9 Å². The fourth-order valence-corrected chi connectivity index (χ4v) is 4.25. The summed E-state index contributed by atoms with van der Waals surface area (Å²) in [6, 6.07) is 3.98. The number of fused-ring (bicyclic) bond motifs is 1. The number of aryl methyl sites for hydroxylation is 1. The molecule has 13 heteroatoms. The number of anilines is 1. The van der Waals surface area contributed by atoms with E-state index in [0.29, 0.717) is 32.1 Å². The van der Waals surface area contributed by atoms with Crippen LogP contribution in [0.2, 0.25) is 0 Å². The zero-order chi connectivity index (χ0) is 25.6. The summed E-state index contributed by atoms with van der Waals surface area (Å²) < 4.78 is 75.4. The van der Waals surface area contributed by atoms with Crippen LogP contribution in [0.1, 0.15) is 11.1 Å². The van der Waals surface area contributed by atoms with E-state index in [4.69, 9.17) is 4.74 Å². The second-order valence-corrected chi connectivity index (χ2v) is 8.31. The van der Waals surface area contributed by atoms with Gasteiger partial charge in [-0.2, -0.15) is 23.3 Å². The van der Waals surface area contributed by atoms with Crippen molar-refractivity contribution in [3.63, 3.8) is 0 Å². The lowest BCUT2D eigenvalue weighted by Crippen LogP contribution is -2.47. The van der Waals surface area contributed by atoms with Gasteiger partial charge in [-0.1, -0.05) is 0 Å². The Morgan fingerprint density at radius 1 is 1.17 bits per heavy atom. The molecule has 0 saturated carbocycles. The fourth-order valence-electron chi connectivity index (χ4n) is 4.25. The van der Waals surface area contributed by atoms with E-state index in [-0.39, 0.29) is 28.8 Å². The third kappa shape index (κ3) is 4.19. The molecule has 1 N–H and O–H groups in total. The maximum absolute atomic E-state index is 14.7. The van der Waals surface area contributed by atoms with Crippen molar-refractivity contribution in [3.05, 3.63) is 59.6 Å². The van der Waals surface area contributed by atoms with E-state index in [1.54, 1.807) is 12.4 Å². The van der Waals surface area contributed by atoms with Crippen molar-refractivity contribution in [2.45, 2.75) is 18.6 Å². The Balaban J connectivity index is 1.56. The number of hydrogen-bond acceptors (Lipinski definition) is 7. The molecule has 1 fully saturated rings. The number of hydrogen-bond donors (Lipinski definition) is 1. The van der Waals surface area contributed by atoms with Crippen LogP contribution in [0.25, 0.3) is 22.3 Å². The van der Waals surface area contributed by atoms with Gasteiger partial charge in [-0.25, -0.2) is 18.4 Å². The van der Waals surface area contributed by atoms with Gasteiger partial charge in [0.1, 0.15) is 5.69 Å². The number of halogens is 5. The summed E-state index contributed by atoms with van der Waals surface area (Å²) in [6.45, 7) is 1.38. The summed E-state index contributed by atoms with van der Waals surface area (Å²) in [5.74, 6) is -5.04. The highest BCUT2D eigenvalue weighted by atomic mass is 19.4. The first-order valence-electron chi connectivity index (χ1n) is 10.9. The zero-order valence-electron chi connectivity index (χ0n) is 18.8. The normalized spacial score (nSPS) is 16.6. The van der Waals surface area contributed by atoms with Gasteiger partial charge in [-0.05, 0) is 30.2 Å². The molecule has 0 bridgehead atoms. The highest BCUT2D eigenvalue weighted by Gasteiger charge is 2.38. The quantitative estimate of drug-likeness (QED) is 0.421. The number of morpholine rings is 1. The molecule has 188 valence electrons. The lowest BCUT2D eigenvalue weighted by atomic mass is 10.0. The van der Waals surface area contributed by atoms with Gasteiger partial charge in [0.15, 0.2) is 23.0 Å². The molecule has 5 rings (SSSR count). The molecule has 8 nitrogen and oxygen atoms in total. The molecule has 1 aliphatic rings. The molecule has 4 heterocycles. The van der Waals surface area contributed by atoms with Crippen molar-refractivity contribution < 1.29 is 31.8 Å². The molecule has 0 radical (unpaired) electrons. The molecule has 1 aromatic carbocycles. The Bertz CT molecular complexity index is 1430. The molecule has 1 saturated heterocycles. The van der Waals surface area contributed by atoms with Gasteiger partial charge in [-0.15, -0.1) is 0 Å². The second kappa shape index (κ2) is 8.97. The van der Waals surface area contributed by atoms with Crippen LogP contribution in [0.5, 0.6) is 5.75 Å². The number of alkyl halides is 3. The lowest BCUT2D eigenvalue weighted by molar-refractivity contribution is -0.140. The number of nitrogens with zero attached hydrogens (tertiary/aromatic N) is 6. The smallest absolute Gasteiger partial charge is 0.419 e. The third-order valence-corrected chi connectivity index (χ3v) is 6.01. The molecular formula is C23H19F5N6O2. The Morgan fingerprint density at radius 3 is 2.64 bits per heavy atom. The highest BCUT2D eigenvalue weighted by molar-refractivity contribution is 5.91. The SMILES string of the molecule is Cn1nc(-c2cc(C(F)(F)F)c(F)c(O)c2F)c2cnc(N3CCOCC3Cc3ccncc3)nc21. The minimum atomic E-state index is -5.15. The van der Waals surface area contributed by atoms with Crippen LogP contribution in [0.3, 0.4) is 0 Å². The summed E-state index contributed by atoms with van der Waals surface area (Å²) in [5, 5.41) is 13.9. The summed E-state index contributed by atoms with van der Waals surface area (Å²) >= 11 is 0. The maximum atomic E-state index is 14.7. The van der Waals surface area contributed by atoms with Crippen molar-refractivity contribution in [1.29, 1.82) is 0 Å². The van der Waals surface area contributed by atoms with Crippen LogP contribution < -0.4 is 4.90 Å². The van der Waals surface area contributed by atoms with Crippen molar-refractivity contribution in [2.75, 3.05) is 24.7 Å². The van der Waals surface area contributed by atoms with Gasteiger partial charge >= 0.3 is 6.18 Å².